The van der Waals surface area contributed by atoms with Gasteiger partial charge in [-0.25, -0.2) is 0 Å². The van der Waals surface area contributed by atoms with Gasteiger partial charge >= 0.3 is 0 Å². The van der Waals surface area contributed by atoms with Gasteiger partial charge in [-0.3, -0.25) is 4.79 Å². The number of carbonyl (C=O) groups excluding carboxylic acids is 1. The van der Waals surface area contributed by atoms with Crippen molar-refractivity contribution in [2.75, 3.05) is 13.2 Å². The fraction of sp³-hybridized carbons (Fsp3) is 0.300. The zero-order valence-electron chi connectivity index (χ0n) is 6.95. The molecule has 0 aliphatic carbocycles. The Morgan fingerprint density at radius 1 is 1.42 bits per heavy atom. The van der Waals surface area contributed by atoms with Crippen molar-refractivity contribution in [1.29, 1.82) is 0 Å². The molecule has 0 fully saturated rings. The summed E-state index contributed by atoms with van der Waals surface area (Å²) >= 11 is 0. The molecule has 0 aromatic rings. The van der Waals surface area contributed by atoms with Crippen LogP contribution in [0.15, 0.2) is 36.5 Å². The highest BCUT2D eigenvalue weighted by molar-refractivity contribution is 5.97. The topological polar surface area (TPSA) is 26.3 Å². The molecule has 0 amide bonds. The number of ether oxygens (including phenoxy) is 1. The van der Waals surface area contributed by atoms with Crippen LogP contribution in [-0.4, -0.2) is 19.0 Å². The first-order chi connectivity index (χ1) is 5.80. The van der Waals surface area contributed by atoms with Gasteiger partial charge in [-0.2, -0.15) is 0 Å². The second kappa shape index (κ2) is 4.67. The summed E-state index contributed by atoms with van der Waals surface area (Å²) in [7, 11) is 0. The van der Waals surface area contributed by atoms with Gasteiger partial charge in [-0.05, 0) is 0 Å². The molecule has 0 bridgehead atoms. The Hall–Kier alpha value is -1.15. The van der Waals surface area contributed by atoms with Crippen LogP contribution in [0.1, 0.15) is 6.42 Å². The molecular formula is C10H12O2. The minimum absolute atomic E-state index is 0.0570. The van der Waals surface area contributed by atoms with Crippen LogP contribution in [0.2, 0.25) is 0 Å². The molecular weight excluding hydrogens is 152 g/mol. The molecule has 1 aliphatic heterocycles. The fourth-order valence-electron chi connectivity index (χ4n) is 0.876. The third-order valence-electron chi connectivity index (χ3n) is 1.59. The summed E-state index contributed by atoms with van der Waals surface area (Å²) in [6.45, 7) is 4.70. The van der Waals surface area contributed by atoms with Crippen LogP contribution in [0.25, 0.3) is 0 Å². The summed E-state index contributed by atoms with van der Waals surface area (Å²) < 4.78 is 5.15. The minimum Gasteiger partial charge on any atom is -0.377 e. The second-order valence-electron chi connectivity index (χ2n) is 2.56. The van der Waals surface area contributed by atoms with Gasteiger partial charge in [0.05, 0.1) is 13.2 Å². The van der Waals surface area contributed by atoms with Crippen molar-refractivity contribution >= 4 is 5.78 Å². The summed E-state index contributed by atoms with van der Waals surface area (Å²) in [4.78, 5) is 11.2. The zero-order valence-corrected chi connectivity index (χ0v) is 6.95. The number of Topliss-reactive ketones (excluding diaryl/α,β-unsaturated/α-hetero) is 1. The van der Waals surface area contributed by atoms with Crippen LogP contribution in [0.3, 0.4) is 0 Å². The summed E-state index contributed by atoms with van der Waals surface area (Å²) in [6.07, 6.45) is 7.71. The minimum atomic E-state index is 0.0570. The molecule has 0 spiro atoms. The van der Waals surface area contributed by atoms with Crippen molar-refractivity contribution in [3.05, 3.63) is 36.5 Å². The Morgan fingerprint density at radius 2 is 2.25 bits per heavy atom. The molecule has 0 radical (unpaired) electrons. The van der Waals surface area contributed by atoms with E-state index in [1.165, 1.54) is 0 Å². The van der Waals surface area contributed by atoms with E-state index in [-0.39, 0.29) is 5.78 Å². The predicted molar refractivity (Wildman–Crippen MR) is 47.9 cm³/mol. The lowest BCUT2D eigenvalue weighted by molar-refractivity contribution is -0.116. The monoisotopic (exact) mass is 164 g/mol. The largest absolute Gasteiger partial charge is 0.377 e. The number of hydrogen-bond donors (Lipinski definition) is 0. The first kappa shape index (κ1) is 8.94. The van der Waals surface area contributed by atoms with Crippen molar-refractivity contribution in [3.63, 3.8) is 0 Å². The first-order valence-corrected chi connectivity index (χ1v) is 3.94. The lowest BCUT2D eigenvalue weighted by Crippen LogP contribution is -2.05. The molecule has 2 heteroatoms. The lowest BCUT2D eigenvalue weighted by atomic mass is 10.1. The third-order valence-corrected chi connectivity index (χ3v) is 1.59. The molecule has 64 valence electrons. The normalized spacial score (nSPS) is 25.0. The number of hydrogen-bond acceptors (Lipinski definition) is 2. The standard InChI is InChI=1S/C10H12O2/c1-9-5-3-2-4-7-12-8-6-10(9)11/h2-5H,1,6-8H2/b4-2-,5-3-. The molecule has 0 aromatic heterocycles. The molecule has 1 aliphatic rings. The van der Waals surface area contributed by atoms with Crippen LogP contribution in [-0.2, 0) is 9.53 Å². The quantitative estimate of drug-likeness (QED) is 0.509. The van der Waals surface area contributed by atoms with E-state index < -0.39 is 0 Å². The van der Waals surface area contributed by atoms with Gasteiger partial charge in [-0.1, -0.05) is 30.9 Å². The van der Waals surface area contributed by atoms with Crippen LogP contribution in [0.4, 0.5) is 0 Å². The Kier molecular flexibility index (Phi) is 3.48. The lowest BCUT2D eigenvalue weighted by Gasteiger charge is -2.02. The SMILES string of the molecule is C=C1/C=C\C=C/COCCC1=O. The Morgan fingerprint density at radius 3 is 3.08 bits per heavy atom. The van der Waals surface area contributed by atoms with E-state index in [0.717, 1.165) is 0 Å². The molecule has 12 heavy (non-hydrogen) atoms. The average Bonchev–Trinajstić information content (AvgIpc) is 2.08. The smallest absolute Gasteiger partial charge is 0.164 e. The molecule has 1 rings (SSSR count). The van der Waals surface area contributed by atoms with E-state index in [9.17, 15) is 4.79 Å². The maximum atomic E-state index is 11.2. The van der Waals surface area contributed by atoms with Crippen molar-refractivity contribution in [2.45, 2.75) is 6.42 Å². The average molecular weight is 164 g/mol. The molecule has 2 nitrogen and oxygen atoms in total. The number of carbonyl (C=O) groups is 1. The molecule has 0 aromatic carbocycles. The van der Waals surface area contributed by atoms with E-state index in [0.29, 0.717) is 25.2 Å². The van der Waals surface area contributed by atoms with Gasteiger partial charge in [0.15, 0.2) is 5.78 Å². The highest BCUT2D eigenvalue weighted by Crippen LogP contribution is 2.01. The van der Waals surface area contributed by atoms with Crippen molar-refractivity contribution in [3.8, 4) is 0 Å². The van der Waals surface area contributed by atoms with E-state index in [2.05, 4.69) is 6.58 Å². The van der Waals surface area contributed by atoms with Crippen molar-refractivity contribution < 1.29 is 9.53 Å². The summed E-state index contributed by atoms with van der Waals surface area (Å²) in [5, 5.41) is 0. The van der Waals surface area contributed by atoms with Crippen LogP contribution < -0.4 is 0 Å². The van der Waals surface area contributed by atoms with Gasteiger partial charge in [0.1, 0.15) is 0 Å². The van der Waals surface area contributed by atoms with Gasteiger partial charge in [0.25, 0.3) is 0 Å². The molecule has 0 N–H and O–H groups in total. The van der Waals surface area contributed by atoms with Crippen LogP contribution >= 0.6 is 0 Å². The highest BCUT2D eigenvalue weighted by atomic mass is 16.5. The third kappa shape index (κ3) is 2.84. The number of rotatable bonds is 0. The maximum absolute atomic E-state index is 11.2. The van der Waals surface area contributed by atoms with Gasteiger partial charge in [0, 0.05) is 12.0 Å². The van der Waals surface area contributed by atoms with E-state index in [1.54, 1.807) is 12.2 Å². The molecule has 0 saturated carbocycles. The molecule has 1 heterocycles. The summed E-state index contributed by atoms with van der Waals surface area (Å²) in [5.41, 5.74) is 0.546. The summed E-state index contributed by atoms with van der Waals surface area (Å²) in [6, 6.07) is 0. The Balaban J connectivity index is 2.63. The predicted octanol–water partition coefficient (Wildman–Crippen LogP) is 1.64. The maximum Gasteiger partial charge on any atom is 0.164 e. The van der Waals surface area contributed by atoms with Gasteiger partial charge in [-0.15, -0.1) is 0 Å². The van der Waals surface area contributed by atoms with E-state index in [1.807, 2.05) is 12.2 Å². The van der Waals surface area contributed by atoms with Crippen molar-refractivity contribution in [1.82, 2.24) is 0 Å². The zero-order chi connectivity index (χ0) is 8.81. The molecule has 0 saturated heterocycles. The van der Waals surface area contributed by atoms with E-state index >= 15 is 0 Å². The van der Waals surface area contributed by atoms with Crippen molar-refractivity contribution in [2.24, 2.45) is 0 Å². The van der Waals surface area contributed by atoms with Gasteiger partial charge < -0.3 is 4.74 Å². The Labute approximate surface area is 72.2 Å². The first-order valence-electron chi connectivity index (χ1n) is 3.94. The Bertz CT molecular complexity index is 236. The summed E-state index contributed by atoms with van der Waals surface area (Å²) in [5.74, 6) is 0.0570. The van der Waals surface area contributed by atoms with Crippen LogP contribution in [0, 0.1) is 0 Å². The molecule has 0 atom stereocenters. The fourth-order valence-corrected chi connectivity index (χ4v) is 0.876. The second-order valence-corrected chi connectivity index (χ2v) is 2.56. The van der Waals surface area contributed by atoms with E-state index in [4.69, 9.17) is 4.74 Å². The van der Waals surface area contributed by atoms with Crippen LogP contribution in [0.5, 0.6) is 0 Å². The number of allylic oxidation sites excluding steroid dienone is 4. The van der Waals surface area contributed by atoms with Gasteiger partial charge in [0.2, 0.25) is 0 Å². The molecule has 0 unspecified atom stereocenters. The highest BCUT2D eigenvalue weighted by Gasteiger charge is 2.03. The number of ketones is 1.